The van der Waals surface area contributed by atoms with E-state index in [1.165, 1.54) is 6.92 Å². The minimum absolute atomic E-state index is 0.0198. The molecule has 0 unspecified atom stereocenters. The van der Waals surface area contributed by atoms with Crippen LogP contribution in [0.4, 0.5) is 4.79 Å². The number of urea groups is 1. The molecule has 0 aliphatic carbocycles. The van der Waals surface area contributed by atoms with Crippen molar-refractivity contribution in [2.24, 2.45) is 0 Å². The van der Waals surface area contributed by atoms with Crippen molar-refractivity contribution in [2.45, 2.75) is 38.3 Å². The molecule has 1 fully saturated rings. The van der Waals surface area contributed by atoms with Crippen LogP contribution in [0.2, 0.25) is 0 Å². The Hall–Kier alpha value is -2.24. The van der Waals surface area contributed by atoms with Gasteiger partial charge >= 0.3 is 6.03 Å². The Morgan fingerprint density at radius 2 is 2.04 bits per heavy atom. The average molecular weight is 317 g/mol. The summed E-state index contributed by atoms with van der Waals surface area (Å²) in [4.78, 5) is 25.6. The monoisotopic (exact) mass is 317 g/mol. The number of rotatable bonds is 2. The zero-order chi connectivity index (χ0) is 16.2. The lowest BCUT2D eigenvalue weighted by Gasteiger charge is -2.35. The number of ether oxygens (including phenoxy) is 1. The number of carbonyl (C=O) groups is 2. The number of likely N-dealkylation sites (tertiary alicyclic amines) is 1. The molecule has 0 bridgehead atoms. The van der Waals surface area contributed by atoms with E-state index in [9.17, 15) is 9.59 Å². The van der Waals surface area contributed by atoms with Gasteiger partial charge < -0.3 is 20.3 Å². The second-order valence-electron chi connectivity index (χ2n) is 6.16. The van der Waals surface area contributed by atoms with Gasteiger partial charge in [0.1, 0.15) is 5.75 Å². The molecule has 2 heterocycles. The first kappa shape index (κ1) is 15.6. The Bertz CT molecular complexity index is 590. The fourth-order valence-electron chi connectivity index (χ4n) is 3.30. The Labute approximate surface area is 136 Å². The largest absolute Gasteiger partial charge is 0.493 e. The smallest absolute Gasteiger partial charge is 0.317 e. The Balaban J connectivity index is 1.62. The van der Waals surface area contributed by atoms with Crippen molar-refractivity contribution in [2.75, 3.05) is 19.7 Å². The standard InChI is InChI=1S/C17H23N3O3/c1-12(21)18-13-5-4-9-20(11-13)17(22)19-15-8-10-23-16-7-3-2-6-14(15)16/h2-3,6-7,13,15H,4-5,8-11H2,1H3,(H,18,21)(H,19,22)/t13-,15-/m1/s1. The minimum Gasteiger partial charge on any atom is -0.493 e. The molecule has 2 atom stereocenters. The molecule has 124 valence electrons. The molecule has 23 heavy (non-hydrogen) atoms. The summed E-state index contributed by atoms with van der Waals surface area (Å²) in [5.41, 5.74) is 1.03. The lowest BCUT2D eigenvalue weighted by atomic mass is 10.0. The van der Waals surface area contributed by atoms with E-state index in [0.29, 0.717) is 13.2 Å². The van der Waals surface area contributed by atoms with Crippen molar-refractivity contribution in [1.29, 1.82) is 0 Å². The first-order valence-electron chi connectivity index (χ1n) is 8.18. The average Bonchev–Trinajstić information content (AvgIpc) is 2.55. The third-order valence-corrected chi connectivity index (χ3v) is 4.37. The normalized spacial score (nSPS) is 23.4. The Kier molecular flexibility index (Phi) is 4.69. The molecule has 0 aromatic heterocycles. The highest BCUT2D eigenvalue weighted by Gasteiger charge is 2.28. The van der Waals surface area contributed by atoms with Gasteiger partial charge in [0.2, 0.25) is 5.91 Å². The number of fused-ring (bicyclic) bond motifs is 1. The fourth-order valence-corrected chi connectivity index (χ4v) is 3.30. The quantitative estimate of drug-likeness (QED) is 0.874. The van der Waals surface area contributed by atoms with Gasteiger partial charge in [0.05, 0.1) is 12.6 Å². The molecule has 3 rings (SSSR count). The van der Waals surface area contributed by atoms with Crippen molar-refractivity contribution in [3.8, 4) is 5.75 Å². The van der Waals surface area contributed by atoms with Crippen LogP contribution in [0.25, 0.3) is 0 Å². The first-order chi connectivity index (χ1) is 11.1. The fraction of sp³-hybridized carbons (Fsp3) is 0.529. The van der Waals surface area contributed by atoms with Crippen LogP contribution in [0.3, 0.4) is 0 Å². The number of piperidine rings is 1. The van der Waals surface area contributed by atoms with E-state index in [1.54, 1.807) is 4.90 Å². The van der Waals surface area contributed by atoms with Gasteiger partial charge in [-0.3, -0.25) is 4.79 Å². The van der Waals surface area contributed by atoms with E-state index in [-0.39, 0.29) is 24.0 Å². The predicted molar refractivity (Wildman–Crippen MR) is 86.2 cm³/mol. The van der Waals surface area contributed by atoms with E-state index >= 15 is 0 Å². The van der Waals surface area contributed by atoms with Crippen molar-refractivity contribution < 1.29 is 14.3 Å². The number of amides is 3. The maximum atomic E-state index is 12.6. The van der Waals surface area contributed by atoms with Gasteiger partial charge in [-0.15, -0.1) is 0 Å². The Morgan fingerprint density at radius 3 is 2.87 bits per heavy atom. The second kappa shape index (κ2) is 6.89. The molecule has 1 saturated heterocycles. The summed E-state index contributed by atoms with van der Waals surface area (Å²) in [6.07, 6.45) is 2.60. The molecule has 0 spiro atoms. The summed E-state index contributed by atoms with van der Waals surface area (Å²) in [7, 11) is 0. The van der Waals surface area contributed by atoms with Crippen LogP contribution >= 0.6 is 0 Å². The summed E-state index contributed by atoms with van der Waals surface area (Å²) >= 11 is 0. The highest BCUT2D eigenvalue weighted by molar-refractivity contribution is 5.76. The zero-order valence-electron chi connectivity index (χ0n) is 13.4. The summed E-state index contributed by atoms with van der Waals surface area (Å²) in [5, 5.41) is 6.02. The Morgan fingerprint density at radius 1 is 1.22 bits per heavy atom. The van der Waals surface area contributed by atoms with Gasteiger partial charge in [-0.1, -0.05) is 18.2 Å². The highest BCUT2D eigenvalue weighted by atomic mass is 16.5. The molecule has 3 amide bonds. The van der Waals surface area contributed by atoms with Crippen LogP contribution in [0.5, 0.6) is 5.75 Å². The van der Waals surface area contributed by atoms with Crippen molar-refractivity contribution in [1.82, 2.24) is 15.5 Å². The first-order valence-corrected chi connectivity index (χ1v) is 8.18. The molecule has 1 aromatic rings. The van der Waals surface area contributed by atoms with Gasteiger partial charge in [0, 0.05) is 38.0 Å². The van der Waals surface area contributed by atoms with Gasteiger partial charge in [0.15, 0.2) is 0 Å². The number of nitrogens with one attached hydrogen (secondary N) is 2. The lowest BCUT2D eigenvalue weighted by molar-refractivity contribution is -0.119. The number of nitrogens with zero attached hydrogens (tertiary/aromatic N) is 1. The van der Waals surface area contributed by atoms with Crippen LogP contribution in [0, 0.1) is 0 Å². The predicted octanol–water partition coefficient (Wildman–Crippen LogP) is 1.82. The maximum absolute atomic E-state index is 12.6. The number of benzene rings is 1. The van der Waals surface area contributed by atoms with Crippen LogP contribution in [0.15, 0.2) is 24.3 Å². The minimum atomic E-state index is -0.0678. The number of para-hydroxylation sites is 1. The lowest BCUT2D eigenvalue weighted by Crippen LogP contribution is -2.52. The zero-order valence-corrected chi connectivity index (χ0v) is 13.4. The summed E-state index contributed by atoms with van der Waals surface area (Å²) in [6.45, 7) is 3.41. The summed E-state index contributed by atoms with van der Waals surface area (Å²) < 4.78 is 5.63. The molecule has 0 saturated carbocycles. The molecule has 2 aliphatic heterocycles. The van der Waals surface area contributed by atoms with E-state index in [4.69, 9.17) is 4.74 Å². The van der Waals surface area contributed by atoms with E-state index in [2.05, 4.69) is 10.6 Å². The van der Waals surface area contributed by atoms with E-state index in [1.807, 2.05) is 24.3 Å². The van der Waals surface area contributed by atoms with Crippen LogP contribution in [-0.2, 0) is 4.79 Å². The molecule has 6 heteroatoms. The topological polar surface area (TPSA) is 70.7 Å². The molecule has 1 aromatic carbocycles. The summed E-state index contributed by atoms with van der Waals surface area (Å²) in [5.74, 6) is 0.800. The van der Waals surface area contributed by atoms with Crippen molar-refractivity contribution in [3.63, 3.8) is 0 Å². The molecule has 6 nitrogen and oxygen atoms in total. The molecule has 0 radical (unpaired) electrons. The second-order valence-corrected chi connectivity index (χ2v) is 6.16. The van der Waals surface area contributed by atoms with Gasteiger partial charge in [-0.25, -0.2) is 4.79 Å². The van der Waals surface area contributed by atoms with Crippen LogP contribution in [-0.4, -0.2) is 42.6 Å². The number of carbonyl (C=O) groups excluding carboxylic acids is 2. The van der Waals surface area contributed by atoms with Crippen molar-refractivity contribution in [3.05, 3.63) is 29.8 Å². The maximum Gasteiger partial charge on any atom is 0.317 e. The van der Waals surface area contributed by atoms with Gasteiger partial charge in [-0.2, -0.15) is 0 Å². The van der Waals surface area contributed by atoms with Gasteiger partial charge in [-0.05, 0) is 18.9 Å². The SMILES string of the molecule is CC(=O)N[C@@H]1CCCN(C(=O)N[C@@H]2CCOc3ccccc32)C1. The van der Waals surface area contributed by atoms with E-state index in [0.717, 1.165) is 37.1 Å². The highest BCUT2D eigenvalue weighted by Crippen LogP contribution is 2.31. The van der Waals surface area contributed by atoms with Crippen molar-refractivity contribution >= 4 is 11.9 Å². The van der Waals surface area contributed by atoms with Crippen LogP contribution < -0.4 is 15.4 Å². The van der Waals surface area contributed by atoms with Crippen LogP contribution in [0.1, 0.15) is 37.8 Å². The molecular formula is C17H23N3O3. The summed E-state index contributed by atoms with van der Waals surface area (Å²) in [6, 6.07) is 7.78. The third kappa shape index (κ3) is 3.75. The van der Waals surface area contributed by atoms with E-state index < -0.39 is 0 Å². The number of hydrogen-bond acceptors (Lipinski definition) is 3. The molecule has 2 aliphatic rings. The molecular weight excluding hydrogens is 294 g/mol. The third-order valence-electron chi connectivity index (χ3n) is 4.37. The molecule has 2 N–H and O–H groups in total. The number of hydrogen-bond donors (Lipinski definition) is 2. The van der Waals surface area contributed by atoms with Gasteiger partial charge in [0.25, 0.3) is 0 Å².